The van der Waals surface area contributed by atoms with Crippen molar-refractivity contribution in [3.8, 4) is 0 Å². The first-order valence-electron chi connectivity index (χ1n) is 35.5. The van der Waals surface area contributed by atoms with Gasteiger partial charge in [-0.05, 0) is 37.5 Å². The summed E-state index contributed by atoms with van der Waals surface area (Å²) in [4.78, 5) is 72.4. The van der Waals surface area contributed by atoms with E-state index >= 15 is 0 Å². The summed E-state index contributed by atoms with van der Waals surface area (Å²) in [6.45, 7) is 9.51. The molecule has 87 heavy (non-hydrogen) atoms. The molecule has 0 aliphatic rings. The minimum atomic E-state index is -4.95. The highest BCUT2D eigenvalue weighted by atomic mass is 31.2. The standard InChI is InChI=1S/C68H132O17P2/c1-7-10-12-14-16-18-20-21-26-33-39-45-51-66(71)79-56-63(84-67(72)52-46-40-34-27-23-22-24-31-37-43-49-61(6)9-3)58-82-86(74,75)80-54-62(69)55-81-87(76,77)83-59-64(57-78-65(70)50-44-38-32-25-19-17-15-13-11-8-2)85-68(73)53-47-41-35-29-28-30-36-42-48-60(4)5/h60-64,69H,7-59H2,1-6H3,(H,74,75)(H,76,77)/t61?,62-,63-,64-/m1/s1. The second kappa shape index (κ2) is 60.3. The van der Waals surface area contributed by atoms with E-state index in [9.17, 15) is 43.2 Å². The van der Waals surface area contributed by atoms with Crippen LogP contribution in [0, 0.1) is 11.8 Å². The molecule has 0 saturated heterocycles. The second-order valence-corrected chi connectivity index (χ2v) is 28.2. The Kier molecular flexibility index (Phi) is 59.0. The van der Waals surface area contributed by atoms with E-state index in [0.717, 1.165) is 102 Å². The molecule has 0 heterocycles. The highest BCUT2D eigenvalue weighted by Gasteiger charge is 2.30. The maximum Gasteiger partial charge on any atom is 0.472 e. The van der Waals surface area contributed by atoms with Crippen LogP contribution in [0.1, 0.15) is 343 Å². The van der Waals surface area contributed by atoms with Gasteiger partial charge in [0.15, 0.2) is 12.2 Å². The van der Waals surface area contributed by atoms with Crippen LogP contribution in [0.15, 0.2) is 0 Å². The van der Waals surface area contributed by atoms with Gasteiger partial charge in [0.2, 0.25) is 0 Å². The number of hydrogen-bond donors (Lipinski definition) is 3. The Morgan fingerprint density at radius 1 is 0.333 bits per heavy atom. The molecule has 0 fully saturated rings. The lowest BCUT2D eigenvalue weighted by atomic mass is 9.99. The zero-order valence-corrected chi connectivity index (χ0v) is 58.1. The maximum absolute atomic E-state index is 13.0. The van der Waals surface area contributed by atoms with Crippen LogP contribution in [-0.2, 0) is 65.4 Å². The number of rotatable bonds is 67. The fraction of sp³-hybridized carbons (Fsp3) is 0.941. The average molecular weight is 1280 g/mol. The molecule has 17 nitrogen and oxygen atoms in total. The maximum atomic E-state index is 13.0. The van der Waals surface area contributed by atoms with Crippen molar-refractivity contribution < 1.29 is 80.2 Å². The highest BCUT2D eigenvalue weighted by molar-refractivity contribution is 7.47. The molecule has 0 spiro atoms. The summed E-state index contributed by atoms with van der Waals surface area (Å²) in [5, 5.41) is 10.6. The van der Waals surface area contributed by atoms with E-state index in [1.54, 1.807) is 0 Å². The van der Waals surface area contributed by atoms with Crippen molar-refractivity contribution in [2.75, 3.05) is 39.6 Å². The van der Waals surface area contributed by atoms with Crippen molar-refractivity contribution in [3.05, 3.63) is 0 Å². The van der Waals surface area contributed by atoms with Crippen LogP contribution >= 0.6 is 15.6 Å². The summed E-state index contributed by atoms with van der Waals surface area (Å²) >= 11 is 0. The summed E-state index contributed by atoms with van der Waals surface area (Å²) in [6, 6.07) is 0. The number of aliphatic hydroxyl groups excluding tert-OH is 1. The summed E-state index contributed by atoms with van der Waals surface area (Å²) in [5.74, 6) is -0.606. The van der Waals surface area contributed by atoms with Crippen molar-refractivity contribution in [3.63, 3.8) is 0 Å². The lowest BCUT2D eigenvalue weighted by Crippen LogP contribution is -2.30. The molecule has 3 N–H and O–H groups in total. The minimum absolute atomic E-state index is 0.105. The number of phosphoric acid groups is 2. The van der Waals surface area contributed by atoms with Gasteiger partial charge in [-0.2, -0.15) is 0 Å². The molecule has 3 unspecified atom stereocenters. The largest absolute Gasteiger partial charge is 0.472 e. The predicted octanol–water partition coefficient (Wildman–Crippen LogP) is 19.2. The van der Waals surface area contributed by atoms with Gasteiger partial charge in [0, 0.05) is 25.7 Å². The molecule has 0 aromatic rings. The minimum Gasteiger partial charge on any atom is -0.462 e. The first-order valence-corrected chi connectivity index (χ1v) is 38.5. The molecule has 0 amide bonds. The number of phosphoric ester groups is 2. The summed E-state index contributed by atoms with van der Waals surface area (Å²) in [7, 11) is -9.89. The molecular weight excluding hydrogens is 1150 g/mol. The van der Waals surface area contributed by atoms with E-state index in [-0.39, 0.29) is 25.7 Å². The van der Waals surface area contributed by atoms with Gasteiger partial charge in [0.05, 0.1) is 26.4 Å². The third kappa shape index (κ3) is 61.3. The molecule has 0 aliphatic carbocycles. The van der Waals surface area contributed by atoms with Gasteiger partial charge in [-0.25, -0.2) is 9.13 Å². The zero-order valence-electron chi connectivity index (χ0n) is 56.3. The average Bonchev–Trinajstić information content (AvgIpc) is 3.69. The Morgan fingerprint density at radius 2 is 0.586 bits per heavy atom. The molecule has 0 saturated carbocycles. The topological polar surface area (TPSA) is 237 Å². The predicted molar refractivity (Wildman–Crippen MR) is 349 cm³/mol. The molecule has 0 aliphatic heterocycles. The van der Waals surface area contributed by atoms with E-state index in [0.29, 0.717) is 25.7 Å². The number of ether oxygens (including phenoxy) is 4. The van der Waals surface area contributed by atoms with E-state index in [1.165, 1.54) is 161 Å². The van der Waals surface area contributed by atoms with E-state index < -0.39 is 97.5 Å². The molecule has 0 bridgehead atoms. The Balaban J connectivity index is 5.25. The molecule has 516 valence electrons. The lowest BCUT2D eigenvalue weighted by Gasteiger charge is -2.21. The number of unbranched alkanes of at least 4 members (excludes halogenated alkanes) is 36. The van der Waals surface area contributed by atoms with Gasteiger partial charge in [0.1, 0.15) is 19.3 Å². The molecule has 0 aromatic carbocycles. The van der Waals surface area contributed by atoms with Crippen molar-refractivity contribution in [1.82, 2.24) is 0 Å². The van der Waals surface area contributed by atoms with Gasteiger partial charge < -0.3 is 33.8 Å². The third-order valence-electron chi connectivity index (χ3n) is 16.1. The second-order valence-electron chi connectivity index (χ2n) is 25.3. The SMILES string of the molecule is CCCCCCCCCCCCCCC(=O)OC[C@H](COP(=O)(O)OC[C@@H](O)COP(=O)(O)OC[C@@H](COC(=O)CCCCCCCCCCCC)OC(=O)CCCCCCCCCCC(C)C)OC(=O)CCCCCCCCCCCCC(C)CC. The van der Waals surface area contributed by atoms with E-state index in [1.807, 2.05) is 0 Å². The van der Waals surface area contributed by atoms with Crippen LogP contribution < -0.4 is 0 Å². The number of hydrogen-bond acceptors (Lipinski definition) is 15. The van der Waals surface area contributed by atoms with E-state index in [2.05, 4.69) is 41.5 Å². The van der Waals surface area contributed by atoms with Crippen LogP contribution in [0.3, 0.4) is 0 Å². The highest BCUT2D eigenvalue weighted by Crippen LogP contribution is 2.45. The van der Waals surface area contributed by atoms with Crippen molar-refractivity contribution in [2.45, 2.75) is 362 Å². The van der Waals surface area contributed by atoms with Gasteiger partial charge >= 0.3 is 39.5 Å². The Morgan fingerprint density at radius 3 is 0.874 bits per heavy atom. The van der Waals surface area contributed by atoms with Gasteiger partial charge in [0.25, 0.3) is 0 Å². The Bertz CT molecular complexity index is 1700. The molecule has 0 aromatic heterocycles. The van der Waals surface area contributed by atoms with Crippen LogP contribution in [0.2, 0.25) is 0 Å². The van der Waals surface area contributed by atoms with Crippen molar-refractivity contribution in [2.24, 2.45) is 11.8 Å². The zero-order chi connectivity index (χ0) is 64.3. The van der Waals surface area contributed by atoms with Crippen LogP contribution in [0.4, 0.5) is 0 Å². The molecule has 0 radical (unpaired) electrons. The summed E-state index contributed by atoms with van der Waals surface area (Å²) in [6.07, 6.45) is 44.3. The lowest BCUT2D eigenvalue weighted by molar-refractivity contribution is -0.161. The normalized spacial score (nSPS) is 14.5. The smallest absolute Gasteiger partial charge is 0.462 e. The monoisotopic (exact) mass is 1280 g/mol. The van der Waals surface area contributed by atoms with Crippen LogP contribution in [-0.4, -0.2) is 96.7 Å². The molecule has 6 atom stereocenters. The quantitative estimate of drug-likeness (QED) is 0.0222. The summed E-state index contributed by atoms with van der Waals surface area (Å²) in [5.41, 5.74) is 0. The van der Waals surface area contributed by atoms with Gasteiger partial charge in [-0.1, -0.05) is 292 Å². The van der Waals surface area contributed by atoms with Gasteiger partial charge in [-0.15, -0.1) is 0 Å². The fourth-order valence-corrected chi connectivity index (χ4v) is 11.8. The number of aliphatic hydroxyl groups is 1. The number of carbonyl (C=O) groups is 4. The first-order chi connectivity index (χ1) is 41.9. The van der Waals surface area contributed by atoms with Crippen LogP contribution in [0.5, 0.6) is 0 Å². The van der Waals surface area contributed by atoms with Crippen LogP contribution in [0.25, 0.3) is 0 Å². The first kappa shape index (κ1) is 85.1. The summed E-state index contributed by atoms with van der Waals surface area (Å²) < 4.78 is 68.2. The fourth-order valence-electron chi connectivity index (χ4n) is 10.2. The third-order valence-corrected chi connectivity index (χ3v) is 18.0. The van der Waals surface area contributed by atoms with Crippen molar-refractivity contribution >= 4 is 39.5 Å². The Labute approximate surface area is 530 Å². The Hall–Kier alpha value is -1.94. The number of carbonyl (C=O) groups excluding carboxylic acids is 4. The van der Waals surface area contributed by atoms with E-state index in [4.69, 9.17) is 37.0 Å². The molecule has 0 rings (SSSR count). The van der Waals surface area contributed by atoms with Crippen molar-refractivity contribution in [1.29, 1.82) is 0 Å². The number of esters is 4. The molecular formula is C68H132O17P2. The molecule has 19 heteroatoms. The van der Waals surface area contributed by atoms with Gasteiger partial charge in [-0.3, -0.25) is 37.3 Å².